The number of rotatable bonds is 20. The van der Waals surface area contributed by atoms with E-state index in [2.05, 4.69) is 11.9 Å². The van der Waals surface area contributed by atoms with Gasteiger partial charge in [-0.05, 0) is 31.6 Å². The maximum absolute atomic E-state index is 11.6. The van der Waals surface area contributed by atoms with Gasteiger partial charge in [-0.25, -0.2) is 0 Å². The van der Waals surface area contributed by atoms with E-state index in [0.717, 1.165) is 12.8 Å². The average Bonchev–Trinajstić information content (AvgIpc) is 2.60. The molecule has 0 radical (unpaired) electrons. The van der Waals surface area contributed by atoms with E-state index in [9.17, 15) is 13.5 Å². The Hall–Kier alpha value is 0.380. The van der Waals surface area contributed by atoms with E-state index in [1.54, 1.807) is 0 Å². The molecule has 0 amide bonds. The van der Waals surface area contributed by atoms with Gasteiger partial charge in [0.05, 0.1) is 5.75 Å². The first-order chi connectivity index (χ1) is 13.0. The van der Waals surface area contributed by atoms with Crippen LogP contribution in [0.4, 0.5) is 0 Å². The van der Waals surface area contributed by atoms with E-state index in [1.807, 2.05) is 0 Å². The van der Waals surface area contributed by atoms with Crippen LogP contribution in [0, 0.1) is 0 Å². The smallest absolute Gasteiger partial charge is 0.862 e. The maximum Gasteiger partial charge on any atom is 1.00 e. The molecule has 0 fully saturated rings. The van der Waals surface area contributed by atoms with Gasteiger partial charge in [-0.3, -0.25) is 4.55 Å². The standard InChI is InChI=1S/C21H43NO4S.Na/c1-2-3-4-5-6-7-8-9-10-11-12-13-14-15-18-21(23)22-19-16-17-20-27(24,25)26;/h2-20H2,1H3,(H,22,23)(H,24,25,26);/q;+1/p-1. The number of hydrogen-bond acceptors (Lipinski definition) is 4. The summed E-state index contributed by atoms with van der Waals surface area (Å²) < 4.78 is 29.7. The van der Waals surface area contributed by atoms with Gasteiger partial charge in [0.2, 0.25) is 0 Å². The zero-order chi connectivity index (χ0) is 20.2. The summed E-state index contributed by atoms with van der Waals surface area (Å²) in [5, 5.41) is 11.6. The summed E-state index contributed by atoms with van der Waals surface area (Å²) in [6.07, 6.45) is 19.5. The zero-order valence-electron chi connectivity index (χ0n) is 18.5. The summed E-state index contributed by atoms with van der Waals surface area (Å²) in [6, 6.07) is 0. The molecule has 0 rings (SSSR count). The third-order valence-corrected chi connectivity index (χ3v) is 5.65. The maximum atomic E-state index is 11.6. The van der Waals surface area contributed by atoms with Crippen molar-refractivity contribution in [3.05, 3.63) is 0 Å². The molecule has 0 saturated heterocycles. The van der Waals surface area contributed by atoms with Crippen molar-refractivity contribution in [1.82, 2.24) is 0 Å². The van der Waals surface area contributed by atoms with Crippen LogP contribution < -0.4 is 34.7 Å². The molecule has 0 heterocycles. The molecule has 162 valence electrons. The van der Waals surface area contributed by atoms with Crippen LogP contribution in [0.15, 0.2) is 4.99 Å². The van der Waals surface area contributed by atoms with E-state index in [0.29, 0.717) is 25.8 Å². The first-order valence-electron chi connectivity index (χ1n) is 11.1. The molecule has 0 aromatic heterocycles. The summed E-state index contributed by atoms with van der Waals surface area (Å²) in [7, 11) is -3.89. The third-order valence-electron chi connectivity index (χ3n) is 4.84. The predicted octanol–water partition coefficient (Wildman–Crippen LogP) is 2.29. The Bertz CT molecular complexity index is 455. The Morgan fingerprint density at radius 2 is 1.18 bits per heavy atom. The molecule has 5 nitrogen and oxygen atoms in total. The molecule has 0 bridgehead atoms. The van der Waals surface area contributed by atoms with Gasteiger partial charge in [0.1, 0.15) is 0 Å². The van der Waals surface area contributed by atoms with Crippen LogP contribution in [0.5, 0.6) is 0 Å². The predicted molar refractivity (Wildman–Crippen MR) is 113 cm³/mol. The van der Waals surface area contributed by atoms with E-state index >= 15 is 0 Å². The van der Waals surface area contributed by atoms with Crippen LogP contribution in [0.2, 0.25) is 0 Å². The minimum atomic E-state index is -3.89. The first kappa shape index (κ1) is 30.6. The van der Waals surface area contributed by atoms with Crippen molar-refractivity contribution in [3.63, 3.8) is 0 Å². The van der Waals surface area contributed by atoms with E-state index in [1.165, 1.54) is 77.0 Å². The Balaban J connectivity index is 0. The van der Waals surface area contributed by atoms with Crippen molar-refractivity contribution in [2.24, 2.45) is 4.99 Å². The number of aliphatic imine (C=N–C) groups is 1. The molecule has 0 saturated carbocycles. The summed E-state index contributed by atoms with van der Waals surface area (Å²) in [5.74, 6) is -0.337. The van der Waals surface area contributed by atoms with Gasteiger partial charge in [0.15, 0.2) is 0 Å². The summed E-state index contributed by atoms with van der Waals surface area (Å²) >= 11 is 0. The topological polar surface area (TPSA) is 89.8 Å². The monoisotopic (exact) mass is 427 g/mol. The summed E-state index contributed by atoms with van der Waals surface area (Å²) in [4.78, 5) is 3.93. The van der Waals surface area contributed by atoms with Crippen LogP contribution in [0.1, 0.15) is 116 Å². The minimum absolute atomic E-state index is 0. The molecule has 0 aliphatic rings. The van der Waals surface area contributed by atoms with Crippen LogP contribution in [-0.4, -0.2) is 31.2 Å². The summed E-state index contributed by atoms with van der Waals surface area (Å²) in [6.45, 7) is 2.61. The fourth-order valence-corrected chi connectivity index (χ4v) is 3.72. The second-order valence-corrected chi connectivity index (χ2v) is 9.19. The number of hydrogen-bond donors (Lipinski definition) is 1. The van der Waals surface area contributed by atoms with Crippen LogP contribution in [-0.2, 0) is 10.1 Å². The van der Waals surface area contributed by atoms with Crippen molar-refractivity contribution < 1.29 is 47.6 Å². The third kappa shape index (κ3) is 26.4. The van der Waals surface area contributed by atoms with Crippen LogP contribution in [0.3, 0.4) is 0 Å². The fraction of sp³-hybridized carbons (Fsp3) is 0.952. The minimum Gasteiger partial charge on any atom is -0.862 e. The van der Waals surface area contributed by atoms with Gasteiger partial charge in [-0.2, -0.15) is 8.42 Å². The van der Waals surface area contributed by atoms with Crippen LogP contribution in [0.25, 0.3) is 0 Å². The molecule has 0 aliphatic carbocycles. The Morgan fingerprint density at radius 3 is 1.61 bits per heavy atom. The van der Waals surface area contributed by atoms with E-state index < -0.39 is 10.1 Å². The normalized spacial score (nSPS) is 12.1. The number of unbranched alkanes of at least 4 members (excludes halogenated alkanes) is 14. The second kappa shape index (κ2) is 22.1. The average molecular weight is 428 g/mol. The quantitative estimate of drug-likeness (QED) is 0.106. The number of nitrogens with zero attached hydrogens (tertiary/aromatic N) is 1. The van der Waals surface area contributed by atoms with Gasteiger partial charge < -0.3 is 10.1 Å². The molecule has 0 spiro atoms. The van der Waals surface area contributed by atoms with E-state index in [4.69, 9.17) is 4.55 Å². The van der Waals surface area contributed by atoms with Crippen molar-refractivity contribution >= 4 is 16.0 Å². The molecular formula is C21H42NNaO4S. The Labute approximate surface area is 196 Å². The molecule has 0 aliphatic heterocycles. The van der Waals surface area contributed by atoms with Crippen molar-refractivity contribution in [2.45, 2.75) is 116 Å². The molecule has 0 aromatic carbocycles. The van der Waals surface area contributed by atoms with Crippen molar-refractivity contribution in [2.75, 3.05) is 12.3 Å². The first-order valence-corrected chi connectivity index (χ1v) is 12.7. The van der Waals surface area contributed by atoms with Gasteiger partial charge >= 0.3 is 29.6 Å². The second-order valence-electron chi connectivity index (χ2n) is 7.61. The SMILES string of the molecule is CCCCCCCCCCCCCCCCC([O-])=NCCCCS(=O)(=O)O.[Na+]. The Morgan fingerprint density at radius 1 is 0.750 bits per heavy atom. The van der Waals surface area contributed by atoms with Gasteiger partial charge in [-0.15, -0.1) is 0 Å². The molecule has 0 aromatic rings. The zero-order valence-corrected chi connectivity index (χ0v) is 21.3. The summed E-state index contributed by atoms with van der Waals surface area (Å²) in [5.41, 5.74) is 0. The van der Waals surface area contributed by atoms with Gasteiger partial charge in [0, 0.05) is 6.54 Å². The molecule has 1 N–H and O–H groups in total. The van der Waals surface area contributed by atoms with Crippen molar-refractivity contribution in [3.8, 4) is 0 Å². The van der Waals surface area contributed by atoms with E-state index in [-0.39, 0.29) is 41.2 Å². The van der Waals surface area contributed by atoms with Gasteiger partial charge in [0.25, 0.3) is 10.1 Å². The Kier molecular flexibility index (Phi) is 24.1. The molecule has 28 heavy (non-hydrogen) atoms. The molecule has 7 heteroatoms. The van der Waals surface area contributed by atoms with Crippen molar-refractivity contribution in [1.29, 1.82) is 0 Å². The molecule has 0 atom stereocenters. The van der Waals surface area contributed by atoms with Gasteiger partial charge in [-0.1, -0.05) is 90.4 Å². The molecular weight excluding hydrogens is 385 g/mol. The molecule has 0 unspecified atom stereocenters. The largest absolute Gasteiger partial charge is 1.00 e. The fourth-order valence-electron chi connectivity index (χ4n) is 3.15. The van der Waals surface area contributed by atoms with Crippen LogP contribution >= 0.6 is 0 Å².